The molecule has 0 atom stereocenters. The van der Waals surface area contributed by atoms with Gasteiger partial charge in [-0.15, -0.1) is 0 Å². The predicted molar refractivity (Wildman–Crippen MR) is 70.1 cm³/mol. The molecule has 0 N–H and O–H groups in total. The van der Waals surface area contributed by atoms with Crippen molar-refractivity contribution in [2.75, 3.05) is 0 Å². The lowest BCUT2D eigenvalue weighted by molar-refractivity contribution is 1.78. The predicted octanol–water partition coefficient (Wildman–Crippen LogP) is 4.58. The molecule has 0 aliphatic heterocycles. The molecule has 0 heteroatoms. The Labute approximate surface area is 106 Å². The molecule has 0 nitrogen and oxygen atoms in total. The Kier molecular flexibility index (Phi) is 0.591. The van der Waals surface area contributed by atoms with Gasteiger partial charge < -0.3 is 0 Å². The second-order valence-electron chi connectivity index (χ2n) is 3.58. The fourth-order valence-corrected chi connectivity index (χ4v) is 2.00. The zero-order valence-electron chi connectivity index (χ0n) is 17.1. The van der Waals surface area contributed by atoms with Crippen LogP contribution in [0.25, 0.3) is 32.3 Å². The maximum Gasteiger partial charge on any atom is 0.0629 e. The molecule has 0 aliphatic carbocycles. The molecule has 0 bridgehead atoms. The van der Waals surface area contributed by atoms with Crippen molar-refractivity contribution in [3.05, 3.63) is 60.4 Å². The third kappa shape index (κ3) is 0.892. The Bertz CT molecular complexity index is 1200. The van der Waals surface area contributed by atoms with Gasteiger partial charge in [0.2, 0.25) is 0 Å². The van der Waals surface area contributed by atoms with Crippen LogP contribution in [0.1, 0.15) is 12.3 Å². The van der Waals surface area contributed by atoms with E-state index in [0.717, 1.165) is 0 Å². The van der Waals surface area contributed by atoms with E-state index in [1.54, 1.807) is 0 Å². The Hall–Kier alpha value is -2.08. The third-order valence-corrected chi connectivity index (χ3v) is 2.69. The lowest BCUT2D eigenvalue weighted by atomic mass is 9.95. The van der Waals surface area contributed by atoms with E-state index in [1.807, 2.05) is 0 Å². The standard InChI is InChI=1S/C16H10/c1-3-11-7-9-13-5-2-6-14-10-8-12(4-1)15(11)16(13)14/h1-10H/i1D,2D,3D,4D,5D,7D,8D,9D,10D. The fraction of sp³-hybridized carbons (Fsp3) is 0. The highest BCUT2D eigenvalue weighted by Gasteiger charge is 2.05. The van der Waals surface area contributed by atoms with Gasteiger partial charge in [-0.1, -0.05) is 60.4 Å². The Morgan fingerprint density at radius 1 is 0.562 bits per heavy atom. The number of hydrogen-bond acceptors (Lipinski definition) is 0. The summed E-state index contributed by atoms with van der Waals surface area (Å²) in [6.07, 6.45) is 0. The van der Waals surface area contributed by atoms with Gasteiger partial charge in [0.05, 0.1) is 12.3 Å². The van der Waals surface area contributed by atoms with Gasteiger partial charge in [0, 0.05) is 0 Å². The van der Waals surface area contributed by atoms with Crippen LogP contribution in [0.4, 0.5) is 0 Å². The average Bonchev–Trinajstić information content (AvgIpc) is 2.57. The van der Waals surface area contributed by atoms with Crippen molar-refractivity contribution in [1.82, 2.24) is 0 Å². The molecule has 4 aromatic carbocycles. The smallest absolute Gasteiger partial charge is 0.0610 e. The van der Waals surface area contributed by atoms with Crippen molar-refractivity contribution >= 4 is 32.3 Å². The molecule has 4 aromatic rings. The molecule has 0 aromatic heterocycles. The Morgan fingerprint density at radius 3 is 1.75 bits per heavy atom. The minimum atomic E-state index is -0.459. The van der Waals surface area contributed by atoms with E-state index in [2.05, 4.69) is 0 Å². The minimum absolute atomic E-state index is 0.00929. The van der Waals surface area contributed by atoms with Gasteiger partial charge >= 0.3 is 0 Å². The molecule has 4 rings (SSSR count). The summed E-state index contributed by atoms with van der Waals surface area (Å²) in [5.74, 6) is 0. The monoisotopic (exact) mass is 211 g/mol. The summed E-state index contributed by atoms with van der Waals surface area (Å²) >= 11 is 0. The van der Waals surface area contributed by atoms with Crippen LogP contribution in [0, 0.1) is 0 Å². The normalized spacial score (nSPS) is 19.6. The Balaban J connectivity index is 2.60. The highest BCUT2D eigenvalue weighted by molar-refractivity contribution is 6.22. The SMILES string of the molecule is [2H]c1cc2c([2H])c([2H])c3c([2H])c([2H])c([2H])c4c([2H])c([2H])c(c1[2H])c2c34. The number of benzene rings is 4. The second-order valence-corrected chi connectivity index (χ2v) is 3.58. The molecule has 74 valence electrons. The molecule has 0 aliphatic rings. The van der Waals surface area contributed by atoms with E-state index in [0.29, 0.717) is 0 Å². The summed E-state index contributed by atoms with van der Waals surface area (Å²) < 4.78 is 73.1. The van der Waals surface area contributed by atoms with Crippen LogP contribution in [-0.2, 0) is 0 Å². The maximum atomic E-state index is 8.23. The van der Waals surface area contributed by atoms with Crippen LogP contribution in [0.5, 0.6) is 0 Å². The van der Waals surface area contributed by atoms with Crippen molar-refractivity contribution in [3.63, 3.8) is 0 Å². The molecule has 0 heterocycles. The van der Waals surface area contributed by atoms with Gasteiger partial charge in [-0.05, 0) is 32.3 Å². The van der Waals surface area contributed by atoms with E-state index in [9.17, 15) is 0 Å². The molecule has 0 saturated heterocycles. The molecule has 16 heavy (non-hydrogen) atoms. The van der Waals surface area contributed by atoms with Crippen LogP contribution >= 0.6 is 0 Å². The van der Waals surface area contributed by atoms with Gasteiger partial charge in [0.15, 0.2) is 0 Å². The van der Waals surface area contributed by atoms with E-state index in [4.69, 9.17) is 12.3 Å². The van der Waals surface area contributed by atoms with Crippen LogP contribution < -0.4 is 0 Å². The summed E-state index contributed by atoms with van der Waals surface area (Å²) in [5.41, 5.74) is 0. The van der Waals surface area contributed by atoms with Gasteiger partial charge in [0.1, 0.15) is 0 Å². The lowest BCUT2D eigenvalue weighted by Crippen LogP contribution is -1.82. The first kappa shape index (κ1) is 3.46. The molecule has 0 amide bonds. The largest absolute Gasteiger partial charge is 0.0629 e. The van der Waals surface area contributed by atoms with Crippen LogP contribution in [0.2, 0.25) is 0 Å². The van der Waals surface area contributed by atoms with Crippen molar-refractivity contribution < 1.29 is 12.3 Å². The zero-order chi connectivity index (χ0) is 18.4. The van der Waals surface area contributed by atoms with Gasteiger partial charge in [0.25, 0.3) is 0 Å². The van der Waals surface area contributed by atoms with E-state index in [1.165, 1.54) is 6.07 Å². The van der Waals surface area contributed by atoms with Crippen molar-refractivity contribution in [3.8, 4) is 0 Å². The Morgan fingerprint density at radius 2 is 1.06 bits per heavy atom. The first-order valence-electron chi connectivity index (χ1n) is 9.33. The van der Waals surface area contributed by atoms with Gasteiger partial charge in [-0.25, -0.2) is 0 Å². The van der Waals surface area contributed by atoms with Gasteiger partial charge in [-0.2, -0.15) is 0 Å². The molecular weight excluding hydrogens is 192 g/mol. The van der Waals surface area contributed by atoms with Crippen molar-refractivity contribution in [2.45, 2.75) is 0 Å². The van der Waals surface area contributed by atoms with E-state index in [-0.39, 0.29) is 80.7 Å². The summed E-state index contributed by atoms with van der Waals surface area (Å²) in [5, 5.41) is 0.577. The molecule has 0 spiro atoms. The van der Waals surface area contributed by atoms with Crippen molar-refractivity contribution in [2.24, 2.45) is 0 Å². The summed E-state index contributed by atoms with van der Waals surface area (Å²) in [6, 6.07) is -1.70. The maximum absolute atomic E-state index is 8.23. The van der Waals surface area contributed by atoms with Gasteiger partial charge in [-0.3, -0.25) is 0 Å². The summed E-state index contributed by atoms with van der Waals surface area (Å²) in [4.78, 5) is 0. The zero-order valence-corrected chi connectivity index (χ0v) is 8.08. The number of hydrogen-bond donors (Lipinski definition) is 0. The summed E-state index contributed by atoms with van der Waals surface area (Å²) in [6.45, 7) is 0. The highest BCUT2D eigenvalue weighted by Crippen LogP contribution is 2.33. The first-order valence-corrected chi connectivity index (χ1v) is 4.83. The third-order valence-electron chi connectivity index (χ3n) is 2.69. The molecular formula is C16H10. The summed E-state index contributed by atoms with van der Waals surface area (Å²) in [7, 11) is 0. The fourth-order valence-electron chi connectivity index (χ4n) is 2.00. The lowest BCUT2D eigenvalue weighted by Gasteiger charge is -2.09. The van der Waals surface area contributed by atoms with Crippen LogP contribution in [0.3, 0.4) is 0 Å². The van der Waals surface area contributed by atoms with E-state index < -0.39 is 6.04 Å². The quantitative estimate of drug-likeness (QED) is 0.373. The topological polar surface area (TPSA) is 0 Å². The second kappa shape index (κ2) is 2.73. The molecule has 0 saturated carbocycles. The molecule has 0 radical (unpaired) electrons. The average molecular weight is 211 g/mol. The molecule has 0 unspecified atom stereocenters. The first-order chi connectivity index (χ1) is 11.7. The van der Waals surface area contributed by atoms with E-state index >= 15 is 0 Å². The van der Waals surface area contributed by atoms with Crippen LogP contribution in [0.15, 0.2) is 60.4 Å². The minimum Gasteiger partial charge on any atom is -0.0610 e. The number of rotatable bonds is 0. The van der Waals surface area contributed by atoms with Crippen LogP contribution in [-0.4, -0.2) is 0 Å². The highest BCUT2D eigenvalue weighted by atomic mass is 14.1. The molecule has 0 fully saturated rings. The van der Waals surface area contributed by atoms with Crippen molar-refractivity contribution in [1.29, 1.82) is 0 Å².